The molecular weight excluding hydrogens is 359 g/mol. The van der Waals surface area contributed by atoms with Gasteiger partial charge in [-0.25, -0.2) is 0 Å². The number of pyridine rings is 1. The van der Waals surface area contributed by atoms with Crippen molar-refractivity contribution in [2.45, 2.75) is 13.0 Å². The molecule has 2 N–H and O–H groups in total. The van der Waals surface area contributed by atoms with E-state index < -0.39 is 0 Å². The number of aromatic amines is 1. The van der Waals surface area contributed by atoms with E-state index in [0.717, 1.165) is 17.5 Å². The number of anilines is 1. The van der Waals surface area contributed by atoms with Crippen molar-refractivity contribution in [2.75, 3.05) is 18.5 Å². The second-order valence-electron chi connectivity index (χ2n) is 5.67. The number of H-pyrrole nitrogens is 1. The van der Waals surface area contributed by atoms with Crippen molar-refractivity contribution >= 4 is 39.9 Å². The van der Waals surface area contributed by atoms with Crippen LogP contribution in [0.25, 0.3) is 10.9 Å². The van der Waals surface area contributed by atoms with Gasteiger partial charge < -0.3 is 15.0 Å². The first-order chi connectivity index (χ1) is 12.1. The molecule has 0 saturated carbocycles. The SMILES string of the molecule is O=c1cc(NCCCOCc2ccc(Cl)c(Cl)c2)[nH]c2ccccc12. The van der Waals surface area contributed by atoms with Crippen LogP contribution in [0.1, 0.15) is 12.0 Å². The number of hydrogen-bond acceptors (Lipinski definition) is 3. The topological polar surface area (TPSA) is 54.1 Å². The van der Waals surface area contributed by atoms with Crippen molar-refractivity contribution in [1.29, 1.82) is 0 Å². The van der Waals surface area contributed by atoms with Crippen molar-refractivity contribution < 1.29 is 4.74 Å². The van der Waals surface area contributed by atoms with Gasteiger partial charge in [0.2, 0.25) is 0 Å². The van der Waals surface area contributed by atoms with E-state index in [-0.39, 0.29) is 5.43 Å². The molecule has 0 aliphatic heterocycles. The molecule has 3 aromatic rings. The summed E-state index contributed by atoms with van der Waals surface area (Å²) in [5.74, 6) is 0.716. The van der Waals surface area contributed by atoms with Crippen molar-refractivity contribution in [2.24, 2.45) is 0 Å². The monoisotopic (exact) mass is 376 g/mol. The summed E-state index contributed by atoms with van der Waals surface area (Å²) in [6.45, 7) is 1.80. The quantitative estimate of drug-likeness (QED) is 0.579. The summed E-state index contributed by atoms with van der Waals surface area (Å²) in [4.78, 5) is 15.3. The minimum Gasteiger partial charge on any atom is -0.377 e. The standard InChI is InChI=1S/C19H18Cl2N2O2/c20-15-7-6-13(10-16(15)21)12-25-9-3-8-22-19-11-18(24)14-4-1-2-5-17(14)23-19/h1-2,4-7,10-11H,3,8-9,12H2,(H2,22,23,24). The summed E-state index contributed by atoms with van der Waals surface area (Å²) in [5.41, 5.74) is 1.82. The Labute approximate surface area is 155 Å². The third-order valence-corrected chi connectivity index (χ3v) is 4.51. The highest BCUT2D eigenvalue weighted by atomic mass is 35.5. The van der Waals surface area contributed by atoms with E-state index in [1.54, 1.807) is 12.1 Å². The van der Waals surface area contributed by atoms with Gasteiger partial charge in [-0.3, -0.25) is 4.79 Å². The van der Waals surface area contributed by atoms with Crippen molar-refractivity contribution in [1.82, 2.24) is 4.98 Å². The highest BCUT2D eigenvalue weighted by Crippen LogP contribution is 2.22. The van der Waals surface area contributed by atoms with Crippen LogP contribution in [0, 0.1) is 0 Å². The molecular formula is C19H18Cl2N2O2. The number of ether oxygens (including phenoxy) is 1. The van der Waals surface area contributed by atoms with Crippen LogP contribution in [-0.4, -0.2) is 18.1 Å². The molecule has 0 bridgehead atoms. The molecule has 6 heteroatoms. The zero-order valence-corrected chi connectivity index (χ0v) is 15.0. The van der Waals surface area contributed by atoms with Crippen molar-refractivity contribution in [3.8, 4) is 0 Å². The maximum absolute atomic E-state index is 12.0. The Bertz CT molecular complexity index is 925. The van der Waals surface area contributed by atoms with Gasteiger partial charge in [0.25, 0.3) is 0 Å². The molecule has 0 atom stereocenters. The second-order valence-corrected chi connectivity index (χ2v) is 6.49. The smallest absolute Gasteiger partial charge is 0.191 e. The van der Waals surface area contributed by atoms with Gasteiger partial charge in [-0.1, -0.05) is 41.4 Å². The molecule has 1 aromatic heterocycles. The molecule has 0 fully saturated rings. The predicted octanol–water partition coefficient (Wildman–Crippen LogP) is 4.85. The molecule has 0 spiro atoms. The lowest BCUT2D eigenvalue weighted by molar-refractivity contribution is 0.120. The predicted molar refractivity (Wildman–Crippen MR) is 104 cm³/mol. The van der Waals surface area contributed by atoms with E-state index in [1.807, 2.05) is 36.4 Å². The van der Waals surface area contributed by atoms with E-state index in [0.29, 0.717) is 41.0 Å². The number of nitrogens with one attached hydrogen (secondary N) is 2. The van der Waals surface area contributed by atoms with Gasteiger partial charge >= 0.3 is 0 Å². The third-order valence-electron chi connectivity index (χ3n) is 3.77. The third kappa shape index (κ3) is 4.75. The van der Waals surface area contributed by atoms with Gasteiger partial charge in [0.15, 0.2) is 5.43 Å². The summed E-state index contributed by atoms with van der Waals surface area (Å²) in [7, 11) is 0. The van der Waals surface area contributed by atoms with Crippen LogP contribution < -0.4 is 10.7 Å². The molecule has 0 aliphatic rings. The summed E-state index contributed by atoms with van der Waals surface area (Å²) < 4.78 is 5.63. The molecule has 0 aliphatic carbocycles. The van der Waals surface area contributed by atoms with E-state index in [9.17, 15) is 4.79 Å². The lowest BCUT2D eigenvalue weighted by atomic mass is 10.2. The average Bonchev–Trinajstić information content (AvgIpc) is 2.61. The summed E-state index contributed by atoms with van der Waals surface area (Å²) in [6.07, 6.45) is 0.816. The van der Waals surface area contributed by atoms with Crippen molar-refractivity contribution in [3.05, 3.63) is 74.4 Å². The normalized spacial score (nSPS) is 11.0. The summed E-state index contributed by atoms with van der Waals surface area (Å²) >= 11 is 11.9. The van der Waals surface area contributed by atoms with E-state index in [4.69, 9.17) is 27.9 Å². The fraction of sp³-hybridized carbons (Fsp3) is 0.211. The molecule has 0 saturated heterocycles. The number of halogens is 2. The minimum atomic E-state index is 0.00715. The molecule has 0 unspecified atom stereocenters. The Morgan fingerprint density at radius 2 is 1.88 bits per heavy atom. The number of benzene rings is 2. The Morgan fingerprint density at radius 3 is 2.72 bits per heavy atom. The van der Waals surface area contributed by atoms with Crippen LogP contribution in [0.3, 0.4) is 0 Å². The second kappa shape index (κ2) is 8.39. The van der Waals surface area contributed by atoms with Gasteiger partial charge in [0.1, 0.15) is 5.82 Å². The summed E-state index contributed by atoms with van der Waals surface area (Å²) in [5, 5.41) is 4.98. The van der Waals surface area contributed by atoms with Gasteiger partial charge in [0.05, 0.1) is 22.2 Å². The first-order valence-corrected chi connectivity index (χ1v) is 8.77. The van der Waals surface area contributed by atoms with Crippen LogP contribution in [0.5, 0.6) is 0 Å². The Balaban J connectivity index is 1.44. The largest absolute Gasteiger partial charge is 0.377 e. The van der Waals surface area contributed by atoms with Crippen LogP contribution in [0.4, 0.5) is 5.82 Å². The number of fused-ring (bicyclic) bond motifs is 1. The highest BCUT2D eigenvalue weighted by Gasteiger charge is 2.02. The number of aromatic nitrogens is 1. The van der Waals surface area contributed by atoms with Gasteiger partial charge in [0, 0.05) is 24.6 Å². The fourth-order valence-corrected chi connectivity index (χ4v) is 2.83. The zero-order chi connectivity index (χ0) is 17.6. The maximum atomic E-state index is 12.0. The maximum Gasteiger partial charge on any atom is 0.191 e. The number of hydrogen-bond donors (Lipinski definition) is 2. The molecule has 0 amide bonds. The zero-order valence-electron chi connectivity index (χ0n) is 13.5. The van der Waals surface area contributed by atoms with Gasteiger partial charge in [-0.2, -0.15) is 0 Å². The van der Waals surface area contributed by atoms with Gasteiger partial charge in [-0.15, -0.1) is 0 Å². The number of rotatable bonds is 7. The Hall–Kier alpha value is -2.01. The molecule has 1 heterocycles. The van der Waals surface area contributed by atoms with Crippen LogP contribution in [0.2, 0.25) is 10.0 Å². The highest BCUT2D eigenvalue weighted by molar-refractivity contribution is 6.42. The van der Waals surface area contributed by atoms with Crippen LogP contribution in [-0.2, 0) is 11.3 Å². The fourth-order valence-electron chi connectivity index (χ4n) is 2.51. The molecule has 3 rings (SSSR count). The van der Waals surface area contributed by atoms with Crippen LogP contribution in [0.15, 0.2) is 53.3 Å². The lowest BCUT2D eigenvalue weighted by Crippen LogP contribution is -2.10. The first-order valence-electron chi connectivity index (χ1n) is 8.01. The summed E-state index contributed by atoms with van der Waals surface area (Å²) in [6, 6.07) is 14.5. The molecule has 2 aromatic carbocycles. The van der Waals surface area contributed by atoms with E-state index in [1.165, 1.54) is 0 Å². The minimum absolute atomic E-state index is 0.00715. The average molecular weight is 377 g/mol. The Kier molecular flexibility index (Phi) is 5.97. The molecule has 130 valence electrons. The van der Waals surface area contributed by atoms with E-state index in [2.05, 4.69) is 10.3 Å². The first kappa shape index (κ1) is 17.8. The van der Waals surface area contributed by atoms with Crippen molar-refractivity contribution in [3.63, 3.8) is 0 Å². The Morgan fingerprint density at radius 1 is 1.04 bits per heavy atom. The molecule has 0 radical (unpaired) electrons. The number of para-hydroxylation sites is 1. The molecule has 4 nitrogen and oxygen atoms in total. The lowest BCUT2D eigenvalue weighted by Gasteiger charge is -2.09. The van der Waals surface area contributed by atoms with Crippen LogP contribution >= 0.6 is 23.2 Å². The van der Waals surface area contributed by atoms with Gasteiger partial charge in [-0.05, 0) is 36.2 Å². The molecule has 25 heavy (non-hydrogen) atoms. The van der Waals surface area contributed by atoms with E-state index >= 15 is 0 Å².